The van der Waals surface area contributed by atoms with E-state index in [0.717, 1.165) is 0 Å². The van der Waals surface area contributed by atoms with Crippen LogP contribution in [0.1, 0.15) is 24.2 Å². The first-order valence-corrected chi connectivity index (χ1v) is 4.81. The predicted molar refractivity (Wildman–Crippen MR) is 60.4 cm³/mol. The van der Waals surface area contributed by atoms with Crippen LogP contribution in [0.25, 0.3) is 0 Å². The summed E-state index contributed by atoms with van der Waals surface area (Å²) in [6.07, 6.45) is 5.45. The van der Waals surface area contributed by atoms with Crippen LogP contribution in [0.5, 0.6) is 0 Å². The van der Waals surface area contributed by atoms with Crippen LogP contribution in [0.2, 0.25) is 0 Å². The van der Waals surface area contributed by atoms with Gasteiger partial charge in [0.15, 0.2) is 0 Å². The SMILES string of the molecule is C/C=C\C=C(/C)OC(=O)c1ccccc1. The third kappa shape index (κ3) is 3.81. The van der Waals surface area contributed by atoms with Crippen molar-refractivity contribution in [3.63, 3.8) is 0 Å². The van der Waals surface area contributed by atoms with Crippen molar-refractivity contribution in [1.82, 2.24) is 0 Å². The standard InChI is InChI=1S/C13H14O2/c1-3-4-8-11(2)15-13(14)12-9-6-5-7-10-12/h3-10H,1-2H3/b4-3-,11-8+. The number of hydrogen-bond acceptors (Lipinski definition) is 2. The molecule has 0 heterocycles. The van der Waals surface area contributed by atoms with Crippen molar-refractivity contribution in [2.24, 2.45) is 0 Å². The molecule has 0 unspecified atom stereocenters. The smallest absolute Gasteiger partial charge is 0.343 e. The summed E-state index contributed by atoms with van der Waals surface area (Å²) >= 11 is 0. The normalized spacial score (nSPS) is 11.7. The van der Waals surface area contributed by atoms with Crippen LogP contribution < -0.4 is 0 Å². The summed E-state index contributed by atoms with van der Waals surface area (Å²) in [7, 11) is 0. The number of benzene rings is 1. The third-order valence-electron chi connectivity index (χ3n) is 1.79. The second kappa shape index (κ2) is 5.81. The number of carbonyl (C=O) groups is 1. The number of carbonyl (C=O) groups excluding carboxylic acids is 1. The van der Waals surface area contributed by atoms with E-state index in [1.165, 1.54) is 0 Å². The Morgan fingerprint density at radius 2 is 1.93 bits per heavy atom. The van der Waals surface area contributed by atoms with Crippen molar-refractivity contribution in [1.29, 1.82) is 0 Å². The maximum atomic E-state index is 11.5. The van der Waals surface area contributed by atoms with Crippen molar-refractivity contribution < 1.29 is 9.53 Å². The van der Waals surface area contributed by atoms with Crippen molar-refractivity contribution in [2.75, 3.05) is 0 Å². The molecule has 15 heavy (non-hydrogen) atoms. The first-order valence-electron chi connectivity index (χ1n) is 4.81. The molecule has 0 spiro atoms. The monoisotopic (exact) mass is 202 g/mol. The van der Waals surface area contributed by atoms with Gasteiger partial charge in [0.05, 0.1) is 5.56 Å². The summed E-state index contributed by atoms with van der Waals surface area (Å²) in [5.41, 5.74) is 0.561. The summed E-state index contributed by atoms with van der Waals surface area (Å²) in [4.78, 5) is 11.5. The van der Waals surface area contributed by atoms with E-state index in [-0.39, 0.29) is 5.97 Å². The van der Waals surface area contributed by atoms with E-state index in [0.29, 0.717) is 11.3 Å². The van der Waals surface area contributed by atoms with E-state index in [2.05, 4.69) is 0 Å². The fourth-order valence-corrected chi connectivity index (χ4v) is 1.05. The van der Waals surface area contributed by atoms with E-state index in [1.807, 2.05) is 37.3 Å². The maximum absolute atomic E-state index is 11.5. The second-order valence-corrected chi connectivity index (χ2v) is 3.06. The zero-order valence-corrected chi connectivity index (χ0v) is 8.94. The molecule has 78 valence electrons. The Hall–Kier alpha value is -1.83. The van der Waals surface area contributed by atoms with Gasteiger partial charge in [-0.15, -0.1) is 0 Å². The molecular weight excluding hydrogens is 188 g/mol. The van der Waals surface area contributed by atoms with Crippen LogP contribution >= 0.6 is 0 Å². The lowest BCUT2D eigenvalue weighted by atomic mass is 10.2. The Morgan fingerprint density at radius 3 is 2.53 bits per heavy atom. The lowest BCUT2D eigenvalue weighted by Crippen LogP contribution is -2.02. The Bertz CT molecular complexity index is 375. The largest absolute Gasteiger partial charge is 0.428 e. The van der Waals surface area contributed by atoms with Gasteiger partial charge in [-0.3, -0.25) is 0 Å². The molecule has 0 aromatic heterocycles. The quantitative estimate of drug-likeness (QED) is 0.427. The maximum Gasteiger partial charge on any atom is 0.343 e. The minimum absolute atomic E-state index is 0.325. The van der Waals surface area contributed by atoms with Gasteiger partial charge in [0.1, 0.15) is 5.76 Å². The van der Waals surface area contributed by atoms with Gasteiger partial charge in [-0.2, -0.15) is 0 Å². The zero-order chi connectivity index (χ0) is 11.1. The molecule has 2 nitrogen and oxygen atoms in total. The second-order valence-electron chi connectivity index (χ2n) is 3.06. The average molecular weight is 202 g/mol. The van der Waals surface area contributed by atoms with Gasteiger partial charge < -0.3 is 4.74 Å². The topological polar surface area (TPSA) is 26.3 Å². The van der Waals surface area contributed by atoms with E-state index >= 15 is 0 Å². The number of rotatable bonds is 3. The number of allylic oxidation sites excluding steroid dienone is 4. The van der Waals surface area contributed by atoms with Gasteiger partial charge in [0, 0.05) is 0 Å². The molecule has 2 heteroatoms. The van der Waals surface area contributed by atoms with E-state index in [9.17, 15) is 4.79 Å². The summed E-state index contributed by atoms with van der Waals surface area (Å²) < 4.78 is 5.11. The molecule has 1 rings (SSSR count). The van der Waals surface area contributed by atoms with E-state index < -0.39 is 0 Å². The van der Waals surface area contributed by atoms with Crippen LogP contribution in [0.4, 0.5) is 0 Å². The zero-order valence-electron chi connectivity index (χ0n) is 8.94. The highest BCUT2D eigenvalue weighted by Crippen LogP contribution is 2.05. The molecule has 0 amide bonds. The average Bonchev–Trinajstić information content (AvgIpc) is 2.27. The molecule has 0 saturated carbocycles. The first kappa shape index (κ1) is 11.2. The van der Waals surface area contributed by atoms with E-state index in [4.69, 9.17) is 4.74 Å². The van der Waals surface area contributed by atoms with Gasteiger partial charge in [0.2, 0.25) is 0 Å². The lowest BCUT2D eigenvalue weighted by molar-refractivity contribution is 0.0626. The van der Waals surface area contributed by atoms with Crippen LogP contribution in [0, 0.1) is 0 Å². The van der Waals surface area contributed by atoms with Gasteiger partial charge in [-0.1, -0.05) is 30.4 Å². The van der Waals surface area contributed by atoms with E-state index in [1.54, 1.807) is 25.1 Å². The fourth-order valence-electron chi connectivity index (χ4n) is 1.05. The van der Waals surface area contributed by atoms with Crippen LogP contribution in [0.3, 0.4) is 0 Å². The molecule has 0 fully saturated rings. The first-order chi connectivity index (χ1) is 7.24. The van der Waals surface area contributed by atoms with Gasteiger partial charge >= 0.3 is 5.97 Å². The molecule has 0 aliphatic heterocycles. The minimum Gasteiger partial charge on any atom is -0.428 e. The van der Waals surface area contributed by atoms with Gasteiger partial charge in [-0.05, 0) is 32.1 Å². The molecule has 0 radical (unpaired) electrons. The summed E-state index contributed by atoms with van der Waals surface area (Å²) in [6, 6.07) is 8.93. The highest BCUT2D eigenvalue weighted by atomic mass is 16.5. The third-order valence-corrected chi connectivity index (χ3v) is 1.79. The molecule has 0 bridgehead atoms. The predicted octanol–water partition coefficient (Wildman–Crippen LogP) is 3.32. The summed E-state index contributed by atoms with van der Waals surface area (Å²) in [5, 5.41) is 0. The van der Waals surface area contributed by atoms with Gasteiger partial charge in [0.25, 0.3) is 0 Å². The Morgan fingerprint density at radius 1 is 1.27 bits per heavy atom. The fraction of sp³-hybridized carbons (Fsp3) is 0.154. The lowest BCUT2D eigenvalue weighted by Gasteiger charge is -2.02. The van der Waals surface area contributed by atoms with Crippen molar-refractivity contribution in [2.45, 2.75) is 13.8 Å². The van der Waals surface area contributed by atoms with Crippen molar-refractivity contribution in [3.05, 3.63) is 59.9 Å². The van der Waals surface area contributed by atoms with Crippen LogP contribution in [-0.4, -0.2) is 5.97 Å². The molecule has 0 aliphatic carbocycles. The van der Waals surface area contributed by atoms with Crippen LogP contribution in [-0.2, 0) is 4.74 Å². The Balaban J connectivity index is 2.64. The van der Waals surface area contributed by atoms with Crippen molar-refractivity contribution >= 4 is 5.97 Å². The molecule has 0 N–H and O–H groups in total. The van der Waals surface area contributed by atoms with Crippen LogP contribution in [0.15, 0.2) is 54.3 Å². The Kier molecular flexibility index (Phi) is 4.35. The molecule has 1 aromatic rings. The van der Waals surface area contributed by atoms with Crippen molar-refractivity contribution in [3.8, 4) is 0 Å². The van der Waals surface area contributed by atoms with Gasteiger partial charge in [-0.25, -0.2) is 4.79 Å². The number of esters is 1. The Labute approximate surface area is 89.9 Å². The number of hydrogen-bond donors (Lipinski definition) is 0. The summed E-state index contributed by atoms with van der Waals surface area (Å²) in [5.74, 6) is 0.260. The highest BCUT2D eigenvalue weighted by molar-refractivity contribution is 5.89. The minimum atomic E-state index is -0.325. The molecule has 1 aromatic carbocycles. The molecule has 0 saturated heterocycles. The highest BCUT2D eigenvalue weighted by Gasteiger charge is 2.05. The molecule has 0 atom stereocenters. The molecule has 0 aliphatic rings. The molecular formula is C13H14O2. The summed E-state index contributed by atoms with van der Waals surface area (Å²) in [6.45, 7) is 3.66. The number of ether oxygens (including phenoxy) is 1.